The van der Waals surface area contributed by atoms with Crippen LogP contribution in [0.1, 0.15) is 11.1 Å². The van der Waals surface area contributed by atoms with Gasteiger partial charge in [0, 0.05) is 30.5 Å². The molecule has 0 atom stereocenters. The third-order valence-electron chi connectivity index (χ3n) is 4.53. The topological polar surface area (TPSA) is 113 Å². The molecule has 0 saturated heterocycles. The van der Waals surface area contributed by atoms with Crippen LogP contribution in [0.2, 0.25) is 0 Å². The molecule has 4 aromatic rings. The van der Waals surface area contributed by atoms with Gasteiger partial charge in [0.15, 0.2) is 5.82 Å². The predicted octanol–water partition coefficient (Wildman–Crippen LogP) is 3.20. The zero-order chi connectivity index (χ0) is 21.3. The van der Waals surface area contributed by atoms with Gasteiger partial charge in [0.2, 0.25) is 11.9 Å². The Labute approximate surface area is 172 Å². The van der Waals surface area contributed by atoms with Gasteiger partial charge < -0.3 is 10.6 Å². The molecule has 1 aromatic carbocycles. The fraction of sp³-hybridized carbons (Fsp3) is 0.0952. The standard InChI is InChI=1S/C21H18N8O/c1-4-19(30)25-15-5-6-18-17(7-15)13(2)11-29(18)20-14(8-22)9-23-21(27-20)26-16-10-24-28(3)12-16/h4-7,9-12H,1H2,2-3H3,(H,25,30)(H,23,26,27). The highest BCUT2D eigenvalue weighted by molar-refractivity contribution is 6.00. The van der Waals surface area contributed by atoms with E-state index in [0.717, 1.165) is 22.2 Å². The Bertz CT molecular complexity index is 1320. The number of aryl methyl sites for hydroxylation is 2. The molecule has 9 nitrogen and oxygen atoms in total. The second kappa shape index (κ2) is 7.52. The first kappa shape index (κ1) is 18.9. The van der Waals surface area contributed by atoms with Crippen LogP contribution in [0.5, 0.6) is 0 Å². The number of carbonyl (C=O) groups excluding carboxylic acids is 1. The molecule has 0 aliphatic carbocycles. The smallest absolute Gasteiger partial charge is 0.247 e. The lowest BCUT2D eigenvalue weighted by Gasteiger charge is -2.09. The fourth-order valence-corrected chi connectivity index (χ4v) is 3.15. The molecule has 0 radical (unpaired) electrons. The number of hydrogen-bond donors (Lipinski definition) is 2. The summed E-state index contributed by atoms with van der Waals surface area (Å²) in [5.74, 6) is 0.534. The van der Waals surface area contributed by atoms with Crippen LogP contribution in [0.4, 0.5) is 17.3 Å². The second-order valence-corrected chi connectivity index (χ2v) is 6.68. The summed E-state index contributed by atoms with van der Waals surface area (Å²) in [6.45, 7) is 5.43. The van der Waals surface area contributed by atoms with Crippen molar-refractivity contribution in [3.8, 4) is 11.9 Å². The normalized spacial score (nSPS) is 10.6. The van der Waals surface area contributed by atoms with E-state index in [1.807, 2.05) is 36.9 Å². The number of amides is 1. The van der Waals surface area contributed by atoms with Crippen molar-refractivity contribution in [1.82, 2.24) is 24.3 Å². The number of anilines is 3. The average molecular weight is 398 g/mol. The molecule has 1 amide bonds. The van der Waals surface area contributed by atoms with Gasteiger partial charge in [0.05, 0.1) is 23.6 Å². The van der Waals surface area contributed by atoms with Crippen LogP contribution in [0.15, 0.2) is 55.6 Å². The molecule has 3 aromatic heterocycles. The third-order valence-corrected chi connectivity index (χ3v) is 4.53. The van der Waals surface area contributed by atoms with Crippen LogP contribution >= 0.6 is 0 Å². The molecular weight excluding hydrogens is 380 g/mol. The summed E-state index contributed by atoms with van der Waals surface area (Å²) in [5.41, 5.74) is 3.57. The second-order valence-electron chi connectivity index (χ2n) is 6.68. The maximum atomic E-state index is 11.6. The first-order chi connectivity index (χ1) is 14.5. The number of nitrogens with one attached hydrogen (secondary N) is 2. The Morgan fingerprint density at radius 2 is 2.10 bits per heavy atom. The molecule has 3 heterocycles. The summed E-state index contributed by atoms with van der Waals surface area (Å²) < 4.78 is 3.51. The number of aromatic nitrogens is 5. The van der Waals surface area contributed by atoms with E-state index in [1.165, 1.54) is 12.3 Å². The van der Waals surface area contributed by atoms with E-state index in [0.29, 0.717) is 23.0 Å². The first-order valence-electron chi connectivity index (χ1n) is 9.07. The van der Waals surface area contributed by atoms with Gasteiger partial charge in [-0.1, -0.05) is 6.58 Å². The molecule has 0 aliphatic rings. The molecule has 0 bridgehead atoms. The van der Waals surface area contributed by atoms with Crippen molar-refractivity contribution in [3.63, 3.8) is 0 Å². The Morgan fingerprint density at radius 1 is 1.27 bits per heavy atom. The van der Waals surface area contributed by atoms with Crippen LogP contribution in [0.25, 0.3) is 16.7 Å². The van der Waals surface area contributed by atoms with E-state index in [2.05, 4.69) is 38.3 Å². The molecular formula is C21H18N8O. The summed E-state index contributed by atoms with van der Waals surface area (Å²) >= 11 is 0. The minimum atomic E-state index is -0.278. The van der Waals surface area contributed by atoms with E-state index in [4.69, 9.17) is 0 Å². The van der Waals surface area contributed by atoms with Crippen LogP contribution in [0.3, 0.4) is 0 Å². The molecule has 0 aliphatic heterocycles. The Morgan fingerprint density at radius 3 is 2.80 bits per heavy atom. The van der Waals surface area contributed by atoms with Gasteiger partial charge in [-0.2, -0.15) is 15.3 Å². The number of benzene rings is 1. The number of rotatable bonds is 5. The molecule has 9 heteroatoms. The van der Waals surface area contributed by atoms with Gasteiger partial charge in [0.1, 0.15) is 11.6 Å². The monoisotopic (exact) mass is 398 g/mol. The molecule has 0 unspecified atom stereocenters. The maximum Gasteiger partial charge on any atom is 0.247 e. The first-order valence-corrected chi connectivity index (χ1v) is 9.07. The highest BCUT2D eigenvalue weighted by atomic mass is 16.1. The average Bonchev–Trinajstić information content (AvgIpc) is 3.30. The molecule has 0 fully saturated rings. The van der Waals surface area contributed by atoms with Crippen molar-refractivity contribution < 1.29 is 4.79 Å². The van der Waals surface area contributed by atoms with Gasteiger partial charge in [0.25, 0.3) is 0 Å². The quantitative estimate of drug-likeness (QED) is 0.499. The van der Waals surface area contributed by atoms with E-state index in [-0.39, 0.29) is 5.91 Å². The van der Waals surface area contributed by atoms with Crippen molar-refractivity contribution in [2.24, 2.45) is 7.05 Å². The number of carbonyl (C=O) groups is 1. The largest absolute Gasteiger partial charge is 0.323 e. The van der Waals surface area contributed by atoms with Crippen molar-refractivity contribution >= 4 is 34.1 Å². The van der Waals surface area contributed by atoms with Crippen molar-refractivity contribution in [2.45, 2.75) is 6.92 Å². The van der Waals surface area contributed by atoms with Gasteiger partial charge in [-0.15, -0.1) is 0 Å². The van der Waals surface area contributed by atoms with E-state index < -0.39 is 0 Å². The van der Waals surface area contributed by atoms with Crippen molar-refractivity contribution in [2.75, 3.05) is 10.6 Å². The van der Waals surface area contributed by atoms with Crippen molar-refractivity contribution in [3.05, 3.63) is 66.8 Å². The minimum Gasteiger partial charge on any atom is -0.323 e. The Kier molecular flexibility index (Phi) is 4.74. The summed E-state index contributed by atoms with van der Waals surface area (Å²) in [4.78, 5) is 20.4. The minimum absolute atomic E-state index is 0.278. The summed E-state index contributed by atoms with van der Waals surface area (Å²) in [6.07, 6.45) is 8.08. The van der Waals surface area contributed by atoms with Gasteiger partial charge in [-0.3, -0.25) is 14.0 Å². The molecule has 2 N–H and O–H groups in total. The van der Waals surface area contributed by atoms with E-state index in [9.17, 15) is 10.1 Å². The number of hydrogen-bond acceptors (Lipinski definition) is 6. The Balaban J connectivity index is 1.78. The lowest BCUT2D eigenvalue weighted by Crippen LogP contribution is -2.07. The van der Waals surface area contributed by atoms with Crippen LogP contribution < -0.4 is 10.6 Å². The highest BCUT2D eigenvalue weighted by Gasteiger charge is 2.15. The zero-order valence-corrected chi connectivity index (χ0v) is 16.4. The van der Waals surface area contributed by atoms with Crippen LogP contribution in [-0.4, -0.2) is 30.2 Å². The van der Waals surface area contributed by atoms with E-state index >= 15 is 0 Å². The number of fused-ring (bicyclic) bond motifs is 1. The lowest BCUT2D eigenvalue weighted by molar-refractivity contribution is -0.111. The maximum absolute atomic E-state index is 11.6. The van der Waals surface area contributed by atoms with Gasteiger partial charge in [-0.25, -0.2) is 4.98 Å². The number of nitrogens with zero attached hydrogens (tertiary/aromatic N) is 6. The number of nitriles is 1. The predicted molar refractivity (Wildman–Crippen MR) is 114 cm³/mol. The van der Waals surface area contributed by atoms with Crippen LogP contribution in [-0.2, 0) is 11.8 Å². The van der Waals surface area contributed by atoms with Gasteiger partial charge >= 0.3 is 0 Å². The van der Waals surface area contributed by atoms with Crippen LogP contribution in [0, 0.1) is 18.3 Å². The fourth-order valence-electron chi connectivity index (χ4n) is 3.15. The molecule has 30 heavy (non-hydrogen) atoms. The SMILES string of the molecule is C=CC(=O)Nc1ccc2c(c1)c(C)cn2-c1nc(Nc2cnn(C)c2)ncc1C#N. The molecule has 4 rings (SSSR count). The zero-order valence-electron chi connectivity index (χ0n) is 16.4. The highest BCUT2D eigenvalue weighted by Crippen LogP contribution is 2.28. The Hall–Kier alpha value is -4.45. The third kappa shape index (κ3) is 3.49. The molecule has 0 saturated carbocycles. The lowest BCUT2D eigenvalue weighted by atomic mass is 10.1. The summed E-state index contributed by atoms with van der Waals surface area (Å²) in [6, 6.07) is 7.70. The van der Waals surface area contributed by atoms with Gasteiger partial charge in [-0.05, 0) is 36.8 Å². The molecule has 0 spiro atoms. The summed E-state index contributed by atoms with van der Waals surface area (Å²) in [7, 11) is 1.82. The van der Waals surface area contributed by atoms with Crippen molar-refractivity contribution in [1.29, 1.82) is 5.26 Å². The molecule has 148 valence electrons. The van der Waals surface area contributed by atoms with E-state index in [1.54, 1.807) is 23.1 Å². The summed E-state index contributed by atoms with van der Waals surface area (Å²) in [5, 5.41) is 20.5.